The van der Waals surface area contributed by atoms with Crippen LogP contribution in [0.4, 0.5) is 0 Å². The Balaban J connectivity index is 1.87. The van der Waals surface area contributed by atoms with Gasteiger partial charge in [-0.25, -0.2) is 9.50 Å². The Morgan fingerprint density at radius 1 is 1.00 bits per heavy atom. The molecule has 3 heterocycles. The first-order chi connectivity index (χ1) is 10.3. The molecule has 0 spiro atoms. The van der Waals surface area contributed by atoms with Crippen molar-refractivity contribution in [1.29, 1.82) is 0 Å². The summed E-state index contributed by atoms with van der Waals surface area (Å²) in [6.07, 6.45) is 5.56. The predicted molar refractivity (Wildman–Crippen MR) is 80.3 cm³/mol. The maximum atomic E-state index is 5.17. The van der Waals surface area contributed by atoms with Gasteiger partial charge in [-0.3, -0.25) is 4.98 Å². The summed E-state index contributed by atoms with van der Waals surface area (Å²) in [7, 11) is 1.66. The van der Waals surface area contributed by atoms with Gasteiger partial charge < -0.3 is 4.74 Å². The maximum Gasteiger partial charge on any atom is 0.181 e. The van der Waals surface area contributed by atoms with Gasteiger partial charge in [0.15, 0.2) is 5.65 Å². The highest BCUT2D eigenvalue weighted by molar-refractivity contribution is 5.88. The predicted octanol–water partition coefficient (Wildman–Crippen LogP) is 2.95. The summed E-state index contributed by atoms with van der Waals surface area (Å²) in [5.41, 5.74) is 4.49. The van der Waals surface area contributed by atoms with E-state index in [1.807, 2.05) is 48.8 Å². The van der Waals surface area contributed by atoms with Crippen LogP contribution in [0.2, 0.25) is 0 Å². The molecule has 1 aromatic carbocycles. The second kappa shape index (κ2) is 4.56. The van der Waals surface area contributed by atoms with Crippen LogP contribution in [0.5, 0.6) is 5.75 Å². The molecule has 0 amide bonds. The van der Waals surface area contributed by atoms with Crippen LogP contribution in [0, 0.1) is 0 Å². The van der Waals surface area contributed by atoms with E-state index in [0.717, 1.165) is 33.6 Å². The molecule has 0 bridgehead atoms. The molecule has 0 fully saturated rings. The zero-order valence-corrected chi connectivity index (χ0v) is 11.4. The number of rotatable bonds is 2. The fourth-order valence-electron chi connectivity index (χ4n) is 2.36. The topological polar surface area (TPSA) is 52.3 Å². The Morgan fingerprint density at radius 3 is 2.67 bits per heavy atom. The first kappa shape index (κ1) is 11.8. The fourth-order valence-corrected chi connectivity index (χ4v) is 2.36. The van der Waals surface area contributed by atoms with Crippen LogP contribution >= 0.6 is 0 Å². The van der Waals surface area contributed by atoms with Crippen LogP contribution in [0.1, 0.15) is 0 Å². The molecular formula is C16H12N4O. The molecule has 21 heavy (non-hydrogen) atoms. The van der Waals surface area contributed by atoms with Crippen LogP contribution < -0.4 is 4.74 Å². The molecule has 0 aliphatic rings. The lowest BCUT2D eigenvalue weighted by Gasteiger charge is -2.03. The van der Waals surface area contributed by atoms with Gasteiger partial charge >= 0.3 is 0 Å². The van der Waals surface area contributed by atoms with Crippen molar-refractivity contribution in [2.24, 2.45) is 0 Å². The molecule has 4 aromatic rings. The Kier molecular flexibility index (Phi) is 2.57. The van der Waals surface area contributed by atoms with E-state index in [4.69, 9.17) is 4.74 Å². The Bertz CT molecular complexity index is 928. The van der Waals surface area contributed by atoms with E-state index in [1.54, 1.807) is 17.8 Å². The number of hydrogen-bond donors (Lipinski definition) is 0. The normalized spacial score (nSPS) is 11.1. The van der Waals surface area contributed by atoms with Gasteiger partial charge in [0.25, 0.3) is 0 Å². The lowest BCUT2D eigenvalue weighted by Crippen LogP contribution is -1.91. The molecule has 0 N–H and O–H groups in total. The van der Waals surface area contributed by atoms with Crippen LogP contribution in [0.25, 0.3) is 27.8 Å². The van der Waals surface area contributed by atoms with Crippen molar-refractivity contribution in [3.63, 3.8) is 0 Å². The lowest BCUT2D eigenvalue weighted by molar-refractivity contribution is 0.415. The van der Waals surface area contributed by atoms with Gasteiger partial charge in [0.05, 0.1) is 7.11 Å². The molecule has 0 radical (unpaired) electrons. The van der Waals surface area contributed by atoms with Gasteiger partial charge in [-0.05, 0) is 29.8 Å². The first-order valence-electron chi connectivity index (χ1n) is 6.59. The number of ether oxygens (including phenoxy) is 1. The minimum Gasteiger partial charge on any atom is -0.497 e. The Labute approximate surface area is 120 Å². The molecule has 0 saturated carbocycles. The van der Waals surface area contributed by atoms with E-state index in [2.05, 4.69) is 15.1 Å². The highest BCUT2D eigenvalue weighted by Gasteiger charge is 2.08. The number of nitrogens with zero attached hydrogens (tertiary/aromatic N) is 4. The number of methoxy groups -OCH3 is 1. The molecule has 0 unspecified atom stereocenters. The van der Waals surface area contributed by atoms with E-state index < -0.39 is 0 Å². The summed E-state index contributed by atoms with van der Waals surface area (Å²) in [6, 6.07) is 11.7. The zero-order chi connectivity index (χ0) is 14.2. The van der Waals surface area contributed by atoms with Crippen molar-refractivity contribution in [3.05, 3.63) is 55.0 Å². The molecule has 4 rings (SSSR count). The number of hydrogen-bond acceptors (Lipinski definition) is 4. The molecule has 102 valence electrons. The van der Waals surface area contributed by atoms with Crippen LogP contribution in [0.15, 0.2) is 55.0 Å². The van der Waals surface area contributed by atoms with E-state index in [0.29, 0.717) is 0 Å². The minimum absolute atomic E-state index is 0.767. The van der Waals surface area contributed by atoms with Crippen molar-refractivity contribution in [1.82, 2.24) is 19.6 Å². The van der Waals surface area contributed by atoms with Gasteiger partial charge in [-0.1, -0.05) is 12.1 Å². The third-order valence-electron chi connectivity index (χ3n) is 3.44. The van der Waals surface area contributed by atoms with E-state index in [1.165, 1.54) is 0 Å². The minimum atomic E-state index is 0.767. The van der Waals surface area contributed by atoms with Crippen LogP contribution in [0.3, 0.4) is 0 Å². The highest BCUT2D eigenvalue weighted by atomic mass is 16.5. The van der Waals surface area contributed by atoms with E-state index in [9.17, 15) is 0 Å². The summed E-state index contributed by atoms with van der Waals surface area (Å²) in [5, 5.41) is 4.50. The average Bonchev–Trinajstić information content (AvgIpc) is 2.92. The monoisotopic (exact) mass is 276 g/mol. The largest absolute Gasteiger partial charge is 0.497 e. The molecule has 0 atom stereocenters. The lowest BCUT2D eigenvalue weighted by atomic mass is 10.1. The number of benzene rings is 1. The molecule has 3 aromatic heterocycles. The van der Waals surface area contributed by atoms with Crippen molar-refractivity contribution < 1.29 is 4.74 Å². The van der Waals surface area contributed by atoms with Crippen LogP contribution in [-0.2, 0) is 0 Å². The Morgan fingerprint density at radius 2 is 1.86 bits per heavy atom. The van der Waals surface area contributed by atoms with Crippen LogP contribution in [-0.4, -0.2) is 26.7 Å². The second-order valence-electron chi connectivity index (χ2n) is 4.71. The summed E-state index contributed by atoms with van der Waals surface area (Å²) < 4.78 is 6.95. The number of fused-ring (bicyclic) bond motifs is 3. The third-order valence-corrected chi connectivity index (χ3v) is 3.44. The Hall–Kier alpha value is -2.95. The zero-order valence-electron chi connectivity index (χ0n) is 11.4. The van der Waals surface area contributed by atoms with Crippen molar-refractivity contribution in [2.45, 2.75) is 0 Å². The smallest absolute Gasteiger partial charge is 0.181 e. The van der Waals surface area contributed by atoms with E-state index >= 15 is 0 Å². The summed E-state index contributed by atoms with van der Waals surface area (Å²) in [6.45, 7) is 0. The molecule has 0 aliphatic carbocycles. The maximum absolute atomic E-state index is 5.17. The first-order valence-corrected chi connectivity index (χ1v) is 6.59. The highest BCUT2D eigenvalue weighted by Crippen LogP contribution is 2.23. The quantitative estimate of drug-likeness (QED) is 0.565. The van der Waals surface area contributed by atoms with Crippen molar-refractivity contribution in [3.8, 4) is 16.9 Å². The molecule has 0 saturated heterocycles. The second-order valence-corrected chi connectivity index (χ2v) is 4.71. The summed E-state index contributed by atoms with van der Waals surface area (Å²) >= 11 is 0. The SMILES string of the molecule is COc1ccc(-c2cnc3c4ncccc4nn3c2)cc1. The molecule has 0 aliphatic heterocycles. The average molecular weight is 276 g/mol. The number of pyridine rings is 1. The van der Waals surface area contributed by atoms with Gasteiger partial charge in [-0.2, -0.15) is 5.10 Å². The third kappa shape index (κ3) is 1.90. The molecule has 5 heteroatoms. The van der Waals surface area contributed by atoms with Gasteiger partial charge in [0.1, 0.15) is 16.8 Å². The summed E-state index contributed by atoms with van der Waals surface area (Å²) in [5.74, 6) is 0.835. The molecular weight excluding hydrogens is 264 g/mol. The van der Waals surface area contributed by atoms with E-state index in [-0.39, 0.29) is 0 Å². The number of aromatic nitrogens is 4. The fraction of sp³-hybridized carbons (Fsp3) is 0.0625. The van der Waals surface area contributed by atoms with Gasteiger partial charge in [-0.15, -0.1) is 0 Å². The van der Waals surface area contributed by atoms with Gasteiger partial charge in [0.2, 0.25) is 0 Å². The van der Waals surface area contributed by atoms with Gasteiger partial charge in [0, 0.05) is 24.2 Å². The summed E-state index contributed by atoms with van der Waals surface area (Å²) in [4.78, 5) is 8.83. The van der Waals surface area contributed by atoms with Crippen molar-refractivity contribution >= 4 is 16.7 Å². The standard InChI is InChI=1S/C16H12N4O/c1-21-13-6-4-11(5-7-13)12-9-18-16-15-14(3-2-8-17-15)19-20(16)10-12/h2-10H,1H3. The van der Waals surface area contributed by atoms with Crippen molar-refractivity contribution in [2.75, 3.05) is 7.11 Å². The molecule has 5 nitrogen and oxygen atoms in total.